The number of H-pyrrole nitrogens is 1. The van der Waals surface area contributed by atoms with Crippen LogP contribution in [0.2, 0.25) is 0 Å². The van der Waals surface area contributed by atoms with Gasteiger partial charge in [-0.05, 0) is 13.0 Å². The molecule has 0 aliphatic carbocycles. The van der Waals surface area contributed by atoms with Crippen LogP contribution in [0.25, 0.3) is 11.4 Å². The lowest BCUT2D eigenvalue weighted by molar-refractivity contribution is 0.0995. The average Bonchev–Trinajstić information content (AvgIpc) is 3.29. The first kappa shape index (κ1) is 17.8. The highest BCUT2D eigenvalue weighted by Gasteiger charge is 2.23. The van der Waals surface area contributed by atoms with Crippen molar-refractivity contribution in [1.29, 1.82) is 0 Å². The molecule has 3 aromatic rings. The molecule has 0 bridgehead atoms. The average molecular weight is 381 g/mol. The second kappa shape index (κ2) is 6.51. The van der Waals surface area contributed by atoms with Crippen molar-refractivity contribution in [2.75, 3.05) is 6.61 Å². The number of hydrogen-bond donors (Lipinski definition) is 3. The number of primary amides is 1. The number of imidazole rings is 1. The van der Waals surface area contributed by atoms with Gasteiger partial charge in [0.2, 0.25) is 0 Å². The normalized spacial score (nSPS) is 14.5. The smallest absolute Gasteiger partial charge is 0.268 e. The Bertz CT molecular complexity index is 1120. The number of carbonyl (C=O) groups excluding carboxylic acids is 1. The molecule has 3 heterocycles. The summed E-state index contributed by atoms with van der Waals surface area (Å²) in [7, 11) is 0. The molecule has 1 aromatic carbocycles. The molecule has 142 valence electrons. The lowest BCUT2D eigenvalue weighted by atomic mass is 9.99. The van der Waals surface area contributed by atoms with E-state index >= 15 is 0 Å². The Hall–Kier alpha value is -3.64. The van der Waals surface area contributed by atoms with E-state index in [1.165, 1.54) is 37.6 Å². The van der Waals surface area contributed by atoms with Crippen molar-refractivity contribution >= 4 is 5.91 Å². The molecule has 1 aliphatic rings. The first-order chi connectivity index (χ1) is 13.3. The highest BCUT2D eigenvalue weighted by Crippen LogP contribution is 2.34. The minimum Gasteiger partial charge on any atom is -0.491 e. The molecule has 0 fully saturated rings. The van der Waals surface area contributed by atoms with Crippen LogP contribution in [-0.2, 0) is 12.1 Å². The van der Waals surface area contributed by atoms with Crippen LogP contribution >= 0.6 is 0 Å². The van der Waals surface area contributed by atoms with Crippen molar-refractivity contribution in [3.8, 4) is 29.0 Å². The Morgan fingerprint density at radius 1 is 1.50 bits per heavy atom. The fraction of sp³-hybridized carbons (Fsp3) is 0.211. The number of amides is 1. The van der Waals surface area contributed by atoms with Crippen molar-refractivity contribution in [3.63, 3.8) is 0 Å². The molecule has 0 saturated heterocycles. The molecule has 0 radical (unpaired) electrons. The standard InChI is InChI=1S/C19H16FN5O3/c1-19(27,12-8-22-23-9-12)3-2-11-6-13-16(7-14(11)20)28-5-4-25-10-15(17(21)26)24-18(13)25/h6-10,27H,4-5H2,1H3,(H2,21,26)(H,22,23). The van der Waals surface area contributed by atoms with E-state index in [0.717, 1.165) is 0 Å². The summed E-state index contributed by atoms with van der Waals surface area (Å²) < 4.78 is 21.9. The Morgan fingerprint density at radius 3 is 3.04 bits per heavy atom. The lowest BCUT2D eigenvalue weighted by Gasteiger charge is -2.13. The monoisotopic (exact) mass is 381 g/mol. The predicted octanol–water partition coefficient (Wildman–Crippen LogP) is 1.16. The lowest BCUT2D eigenvalue weighted by Crippen LogP contribution is -2.17. The quantitative estimate of drug-likeness (QED) is 0.576. The van der Waals surface area contributed by atoms with Crippen LogP contribution in [0.4, 0.5) is 4.39 Å². The van der Waals surface area contributed by atoms with E-state index in [9.17, 15) is 14.3 Å². The summed E-state index contributed by atoms with van der Waals surface area (Å²) in [5, 5.41) is 16.9. The molecule has 1 aliphatic heterocycles. The highest BCUT2D eigenvalue weighted by atomic mass is 19.1. The third-order valence-corrected chi connectivity index (χ3v) is 4.43. The minimum atomic E-state index is -1.51. The minimum absolute atomic E-state index is 0.0585. The SMILES string of the molecule is CC(O)(C#Cc1cc2c(cc1F)OCCn1cc(C(N)=O)nc1-2)c1cn[nH]c1. The fourth-order valence-electron chi connectivity index (χ4n) is 2.90. The van der Waals surface area contributed by atoms with Crippen molar-refractivity contribution < 1.29 is 19.0 Å². The van der Waals surface area contributed by atoms with E-state index in [-0.39, 0.29) is 17.9 Å². The van der Waals surface area contributed by atoms with Gasteiger partial charge in [0.05, 0.1) is 23.9 Å². The number of rotatable bonds is 2. The van der Waals surface area contributed by atoms with Crippen LogP contribution in [0.15, 0.2) is 30.7 Å². The molecule has 1 atom stereocenters. The number of halogens is 1. The summed E-state index contributed by atoms with van der Waals surface area (Å²) in [6.45, 7) is 2.21. The number of benzene rings is 1. The summed E-state index contributed by atoms with van der Waals surface area (Å²) in [6.07, 6.45) is 4.49. The van der Waals surface area contributed by atoms with E-state index < -0.39 is 17.3 Å². The largest absolute Gasteiger partial charge is 0.491 e. The van der Waals surface area contributed by atoms with Gasteiger partial charge in [0, 0.05) is 24.0 Å². The maximum atomic E-state index is 14.6. The third-order valence-electron chi connectivity index (χ3n) is 4.43. The molecule has 2 aromatic heterocycles. The fourth-order valence-corrected chi connectivity index (χ4v) is 2.90. The molecule has 4 rings (SSSR count). The molecular weight excluding hydrogens is 365 g/mol. The van der Waals surface area contributed by atoms with Gasteiger partial charge in [-0.25, -0.2) is 9.37 Å². The number of fused-ring (bicyclic) bond motifs is 3. The van der Waals surface area contributed by atoms with Gasteiger partial charge in [0.15, 0.2) is 5.60 Å². The molecule has 28 heavy (non-hydrogen) atoms. The van der Waals surface area contributed by atoms with Gasteiger partial charge in [0.25, 0.3) is 5.91 Å². The van der Waals surface area contributed by atoms with Crippen LogP contribution < -0.4 is 10.5 Å². The predicted molar refractivity (Wildman–Crippen MR) is 96.7 cm³/mol. The first-order valence-corrected chi connectivity index (χ1v) is 8.43. The van der Waals surface area contributed by atoms with Gasteiger partial charge in [-0.2, -0.15) is 5.10 Å². The number of aliphatic hydroxyl groups is 1. The second-order valence-corrected chi connectivity index (χ2v) is 6.49. The van der Waals surface area contributed by atoms with Crippen molar-refractivity contribution in [2.45, 2.75) is 19.1 Å². The number of nitrogens with two attached hydrogens (primary N) is 1. The van der Waals surface area contributed by atoms with Crippen molar-refractivity contribution in [3.05, 3.63) is 53.4 Å². The van der Waals surface area contributed by atoms with Crippen LogP contribution in [0.5, 0.6) is 5.75 Å². The molecular formula is C19H16FN5O3. The maximum Gasteiger partial charge on any atom is 0.268 e. The molecule has 1 unspecified atom stereocenters. The van der Waals surface area contributed by atoms with Gasteiger partial charge < -0.3 is 20.1 Å². The third kappa shape index (κ3) is 3.10. The Labute approximate surface area is 159 Å². The zero-order valence-electron chi connectivity index (χ0n) is 14.9. The summed E-state index contributed by atoms with van der Waals surface area (Å²) in [6, 6.07) is 2.71. The molecule has 8 nitrogen and oxygen atoms in total. The van der Waals surface area contributed by atoms with Gasteiger partial charge in [0.1, 0.15) is 29.7 Å². The Balaban J connectivity index is 1.80. The van der Waals surface area contributed by atoms with E-state index in [1.807, 2.05) is 0 Å². The number of nitrogens with zero attached hydrogens (tertiary/aromatic N) is 3. The molecule has 0 spiro atoms. The topological polar surface area (TPSA) is 119 Å². The zero-order valence-corrected chi connectivity index (χ0v) is 14.9. The van der Waals surface area contributed by atoms with Crippen molar-refractivity contribution in [1.82, 2.24) is 19.7 Å². The van der Waals surface area contributed by atoms with E-state index in [0.29, 0.717) is 29.2 Å². The van der Waals surface area contributed by atoms with Crippen LogP contribution in [0, 0.1) is 17.7 Å². The number of nitrogens with one attached hydrogen (secondary N) is 1. The summed E-state index contributed by atoms with van der Waals surface area (Å²) >= 11 is 0. The summed E-state index contributed by atoms with van der Waals surface area (Å²) in [5.74, 6) is 4.81. The number of hydrogen-bond acceptors (Lipinski definition) is 5. The van der Waals surface area contributed by atoms with E-state index in [4.69, 9.17) is 10.5 Å². The Morgan fingerprint density at radius 2 is 2.32 bits per heavy atom. The Kier molecular flexibility index (Phi) is 4.13. The number of aromatic nitrogens is 4. The van der Waals surface area contributed by atoms with Crippen LogP contribution in [-0.4, -0.2) is 37.4 Å². The molecule has 0 saturated carbocycles. The summed E-state index contributed by atoms with van der Waals surface area (Å²) in [5.41, 5.74) is 4.92. The number of aromatic amines is 1. The number of ether oxygens (including phenoxy) is 1. The van der Waals surface area contributed by atoms with Crippen LogP contribution in [0.3, 0.4) is 0 Å². The zero-order chi connectivity index (χ0) is 19.9. The molecule has 1 amide bonds. The second-order valence-electron chi connectivity index (χ2n) is 6.49. The summed E-state index contributed by atoms with van der Waals surface area (Å²) in [4.78, 5) is 15.7. The number of carbonyl (C=O) groups is 1. The van der Waals surface area contributed by atoms with Gasteiger partial charge in [-0.3, -0.25) is 9.89 Å². The molecule has 9 heteroatoms. The van der Waals surface area contributed by atoms with Crippen LogP contribution in [0.1, 0.15) is 28.5 Å². The van der Waals surface area contributed by atoms with E-state index in [1.54, 1.807) is 4.57 Å². The maximum absolute atomic E-state index is 14.6. The van der Waals surface area contributed by atoms with Gasteiger partial charge in [-0.15, -0.1) is 0 Å². The van der Waals surface area contributed by atoms with Gasteiger partial charge in [-0.1, -0.05) is 11.8 Å². The first-order valence-electron chi connectivity index (χ1n) is 8.43. The van der Waals surface area contributed by atoms with E-state index in [2.05, 4.69) is 27.0 Å². The molecule has 4 N–H and O–H groups in total. The van der Waals surface area contributed by atoms with Gasteiger partial charge >= 0.3 is 0 Å². The van der Waals surface area contributed by atoms with Crippen molar-refractivity contribution in [2.24, 2.45) is 5.73 Å². The highest BCUT2D eigenvalue weighted by molar-refractivity contribution is 5.91.